The molecule has 1 aromatic rings. The first-order valence-electron chi connectivity index (χ1n) is 13.9. The number of carbonyl (C=O) groups is 3. The van der Waals surface area contributed by atoms with Crippen LogP contribution in [0.1, 0.15) is 30.4 Å². The predicted molar refractivity (Wildman–Crippen MR) is 153 cm³/mol. The third-order valence-corrected chi connectivity index (χ3v) is 9.26. The summed E-state index contributed by atoms with van der Waals surface area (Å²) in [6.07, 6.45) is 2.02. The number of carbonyl (C=O) groups excluding carboxylic acids is 3. The minimum Gasteiger partial charge on any atom is -0.508 e. The average Bonchev–Trinajstić information content (AvgIpc) is 2.88. The van der Waals surface area contributed by atoms with Gasteiger partial charge in [-0.2, -0.15) is 0 Å². The lowest BCUT2D eigenvalue weighted by Gasteiger charge is -2.50. The van der Waals surface area contributed by atoms with E-state index in [2.05, 4.69) is 17.3 Å². The molecule has 222 valence electrons. The van der Waals surface area contributed by atoms with Gasteiger partial charge in [0.25, 0.3) is 5.91 Å². The minimum atomic E-state index is -2.66. The van der Waals surface area contributed by atoms with Crippen molar-refractivity contribution in [3.63, 3.8) is 0 Å². The number of fused-ring (bicyclic) bond motifs is 3. The second-order valence-electron chi connectivity index (χ2n) is 12.2. The van der Waals surface area contributed by atoms with Crippen LogP contribution in [0.4, 0.5) is 11.4 Å². The van der Waals surface area contributed by atoms with Gasteiger partial charge in [0.05, 0.1) is 17.3 Å². The SMILES string of the molecule is CN1CCC(Nc2cc(N(C)C)c3c(c2O)C(O)=C2C(=O)[C@]4(O)C(O)=C(C(N)=O)C(=O)[C@@H](N(C)C)C4CC2C3)CC1. The molecule has 2 fully saturated rings. The van der Waals surface area contributed by atoms with Crippen molar-refractivity contribution in [2.24, 2.45) is 17.6 Å². The highest BCUT2D eigenvalue weighted by atomic mass is 16.3. The molecule has 2 unspecified atom stereocenters. The number of likely N-dealkylation sites (tertiary alicyclic amines) is 1. The van der Waals surface area contributed by atoms with Gasteiger partial charge in [0.1, 0.15) is 22.8 Å². The minimum absolute atomic E-state index is 0.0506. The van der Waals surface area contributed by atoms with Crippen molar-refractivity contribution >= 4 is 34.6 Å². The number of nitrogens with two attached hydrogens (primary N) is 1. The molecule has 5 rings (SSSR count). The topological polar surface area (TPSA) is 180 Å². The maximum atomic E-state index is 14.1. The molecule has 0 bridgehead atoms. The molecule has 4 aliphatic rings. The fourth-order valence-electron chi connectivity index (χ4n) is 7.17. The highest BCUT2D eigenvalue weighted by Gasteiger charge is 2.64. The molecule has 7 N–H and O–H groups in total. The van der Waals surface area contributed by atoms with Gasteiger partial charge in [-0.1, -0.05) is 0 Å². The van der Waals surface area contributed by atoms with Gasteiger partial charge in [0.15, 0.2) is 11.4 Å². The fraction of sp³-hybridized carbons (Fsp3) is 0.552. The first kappa shape index (κ1) is 28.9. The lowest BCUT2D eigenvalue weighted by atomic mass is 9.57. The van der Waals surface area contributed by atoms with E-state index < -0.39 is 58.0 Å². The number of anilines is 2. The number of hydrogen-bond acceptors (Lipinski definition) is 11. The van der Waals surface area contributed by atoms with Gasteiger partial charge in [0.2, 0.25) is 5.78 Å². The number of phenolic OH excluding ortho intramolecular Hbond substituents is 1. The van der Waals surface area contributed by atoms with Crippen molar-refractivity contribution in [1.82, 2.24) is 9.80 Å². The van der Waals surface area contributed by atoms with E-state index in [-0.39, 0.29) is 35.8 Å². The van der Waals surface area contributed by atoms with E-state index in [1.165, 1.54) is 4.90 Å². The van der Waals surface area contributed by atoms with Gasteiger partial charge in [-0.25, -0.2) is 0 Å². The number of benzene rings is 1. The smallest absolute Gasteiger partial charge is 0.255 e. The third kappa shape index (κ3) is 4.27. The Morgan fingerprint density at radius 3 is 2.32 bits per heavy atom. The second-order valence-corrected chi connectivity index (χ2v) is 12.2. The molecule has 12 nitrogen and oxygen atoms in total. The summed E-state index contributed by atoms with van der Waals surface area (Å²) in [6.45, 7) is 1.80. The molecular formula is C29H39N5O7. The number of hydrogen-bond donors (Lipinski definition) is 6. The van der Waals surface area contributed by atoms with Crippen molar-refractivity contribution in [2.75, 3.05) is 58.5 Å². The summed E-state index contributed by atoms with van der Waals surface area (Å²) >= 11 is 0. The Morgan fingerprint density at radius 1 is 1.12 bits per heavy atom. The Kier molecular flexibility index (Phi) is 7.07. The highest BCUT2D eigenvalue weighted by Crippen LogP contribution is 2.54. The third-order valence-electron chi connectivity index (χ3n) is 9.26. The molecule has 12 heteroatoms. The van der Waals surface area contributed by atoms with Crippen molar-refractivity contribution in [3.05, 3.63) is 34.1 Å². The summed E-state index contributed by atoms with van der Waals surface area (Å²) in [7, 11) is 8.91. The number of aliphatic hydroxyl groups excluding tert-OH is 2. The molecule has 1 aliphatic heterocycles. The quantitative estimate of drug-likeness (QED) is 0.215. The molecule has 0 aromatic heterocycles. The van der Waals surface area contributed by atoms with Gasteiger partial charge in [-0.3, -0.25) is 19.3 Å². The van der Waals surface area contributed by atoms with Crippen LogP contribution in [0.3, 0.4) is 0 Å². The number of nitrogens with one attached hydrogen (secondary N) is 1. The largest absolute Gasteiger partial charge is 0.508 e. The number of nitrogens with zero attached hydrogens (tertiary/aromatic N) is 3. The van der Waals surface area contributed by atoms with E-state index in [1.54, 1.807) is 14.1 Å². The van der Waals surface area contributed by atoms with Gasteiger partial charge in [0, 0.05) is 37.3 Å². The Bertz CT molecular complexity index is 1390. The number of aromatic hydroxyl groups is 1. The molecule has 1 aromatic carbocycles. The summed E-state index contributed by atoms with van der Waals surface area (Å²) in [5, 5.41) is 49.3. The number of amides is 1. The van der Waals surface area contributed by atoms with Crippen molar-refractivity contribution in [3.8, 4) is 5.75 Å². The second kappa shape index (κ2) is 10.0. The molecule has 1 amide bonds. The molecule has 0 spiro atoms. The van der Waals surface area contributed by atoms with Crippen LogP contribution in [-0.4, -0.2) is 114 Å². The van der Waals surface area contributed by atoms with Gasteiger partial charge in [-0.15, -0.1) is 0 Å². The van der Waals surface area contributed by atoms with Gasteiger partial charge < -0.3 is 41.3 Å². The molecule has 1 heterocycles. The molecule has 4 atom stereocenters. The maximum absolute atomic E-state index is 14.1. The first-order chi connectivity index (χ1) is 19.2. The first-order valence-corrected chi connectivity index (χ1v) is 13.9. The molecule has 3 aliphatic carbocycles. The summed E-state index contributed by atoms with van der Waals surface area (Å²) in [5.41, 5.74) is 3.64. The number of rotatable bonds is 5. The van der Waals surface area contributed by atoms with Crippen LogP contribution < -0.4 is 16.0 Å². The zero-order chi connectivity index (χ0) is 30.1. The molecule has 1 saturated heterocycles. The number of phenols is 1. The van der Waals surface area contributed by atoms with Crippen LogP contribution in [0.5, 0.6) is 5.75 Å². The number of likely N-dealkylation sites (N-methyl/N-ethyl adjacent to an activating group) is 1. The van der Waals surface area contributed by atoms with E-state index in [9.17, 15) is 34.8 Å². The predicted octanol–water partition coefficient (Wildman–Crippen LogP) is 0.536. The van der Waals surface area contributed by atoms with Gasteiger partial charge in [-0.05, 0) is 77.5 Å². The number of Topliss-reactive ketones (excluding diaryl/α,β-unsaturated/α-hetero) is 2. The van der Waals surface area contributed by atoms with E-state index >= 15 is 0 Å². The standard InChI is InChI=1S/C29H39N5O7/c1-32(2)18-12-17(31-14-6-8-34(5)9-7-14)23(35)20-15(18)10-13-11-16-22(33(3)4)25(37)21(28(30)40)27(39)29(16,41)26(38)19(13)24(20)36/h12-14,16,22,31,35-36,39,41H,6-11H2,1-5H3,(H2,30,40)/t13?,16?,22-,29-/m0/s1. The number of aliphatic hydroxyl groups is 3. The Labute approximate surface area is 238 Å². The van der Waals surface area contributed by atoms with Crippen LogP contribution in [0.25, 0.3) is 5.76 Å². The van der Waals surface area contributed by atoms with Crippen LogP contribution >= 0.6 is 0 Å². The average molecular weight is 570 g/mol. The molecule has 0 radical (unpaired) electrons. The van der Waals surface area contributed by atoms with Crippen molar-refractivity contribution in [1.29, 1.82) is 0 Å². The van der Waals surface area contributed by atoms with Gasteiger partial charge >= 0.3 is 0 Å². The zero-order valence-corrected chi connectivity index (χ0v) is 24.1. The summed E-state index contributed by atoms with van der Waals surface area (Å²) < 4.78 is 0. The highest BCUT2D eigenvalue weighted by molar-refractivity contribution is 6.24. The van der Waals surface area contributed by atoms with Crippen molar-refractivity contribution in [2.45, 2.75) is 43.4 Å². The Hall–Kier alpha value is -3.61. The summed E-state index contributed by atoms with van der Waals surface area (Å²) in [4.78, 5) is 45.1. The molecule has 1 saturated carbocycles. The lowest BCUT2D eigenvalue weighted by Crippen LogP contribution is -2.65. The lowest BCUT2D eigenvalue weighted by molar-refractivity contribution is -0.153. The molecule has 41 heavy (non-hydrogen) atoms. The van der Waals surface area contributed by atoms with E-state index in [1.807, 2.05) is 25.1 Å². The van der Waals surface area contributed by atoms with Crippen LogP contribution in [0.2, 0.25) is 0 Å². The monoisotopic (exact) mass is 569 g/mol. The number of primary amides is 1. The normalized spacial score (nSPS) is 28.9. The van der Waals surface area contributed by atoms with E-state index in [0.29, 0.717) is 11.3 Å². The number of piperidine rings is 1. The maximum Gasteiger partial charge on any atom is 0.255 e. The summed E-state index contributed by atoms with van der Waals surface area (Å²) in [5.74, 6) is -6.57. The number of ketones is 2. The van der Waals surface area contributed by atoms with Crippen LogP contribution in [0.15, 0.2) is 23.0 Å². The Balaban J connectivity index is 1.67. The van der Waals surface area contributed by atoms with E-state index in [4.69, 9.17) is 5.73 Å². The van der Waals surface area contributed by atoms with Crippen LogP contribution in [-0.2, 0) is 20.8 Å². The summed E-state index contributed by atoms with van der Waals surface area (Å²) in [6, 6.07) is 0.827. The van der Waals surface area contributed by atoms with E-state index in [0.717, 1.165) is 31.6 Å². The fourth-order valence-corrected chi connectivity index (χ4v) is 7.17. The Morgan fingerprint density at radius 2 is 1.76 bits per heavy atom. The van der Waals surface area contributed by atoms with Crippen molar-refractivity contribution < 1.29 is 34.8 Å². The zero-order valence-electron chi connectivity index (χ0n) is 24.1. The molecular weight excluding hydrogens is 530 g/mol. The van der Waals surface area contributed by atoms with Crippen LogP contribution in [0, 0.1) is 11.8 Å².